The molecule has 1 aliphatic rings. The van der Waals surface area contributed by atoms with Gasteiger partial charge in [0.15, 0.2) is 0 Å². The van der Waals surface area contributed by atoms with Crippen LogP contribution in [0.15, 0.2) is 42.6 Å². The first-order chi connectivity index (χ1) is 18.5. The zero-order chi connectivity index (χ0) is 28.2. The number of rotatable bonds is 10. The third-order valence-electron chi connectivity index (χ3n) is 6.67. The van der Waals surface area contributed by atoms with Crippen molar-refractivity contribution in [2.45, 2.75) is 32.4 Å². The van der Waals surface area contributed by atoms with Gasteiger partial charge in [-0.2, -0.15) is 13.2 Å². The van der Waals surface area contributed by atoms with Gasteiger partial charge in [0.25, 0.3) is 0 Å². The number of carbonyl (C=O) groups excluding carboxylic acids is 1. The monoisotopic (exact) mass is 547 g/mol. The topological polar surface area (TPSA) is 108 Å². The Balaban J connectivity index is 1.59. The molecule has 0 atom stereocenters. The van der Waals surface area contributed by atoms with Crippen LogP contribution in [0.25, 0.3) is 22.4 Å². The van der Waals surface area contributed by atoms with E-state index in [2.05, 4.69) is 25.9 Å². The molecule has 0 aliphatic heterocycles. The van der Waals surface area contributed by atoms with Gasteiger partial charge in [-0.25, -0.2) is 19.2 Å². The van der Waals surface area contributed by atoms with Crippen molar-refractivity contribution in [1.29, 1.82) is 0 Å². The predicted octanol–water partition coefficient (Wildman–Crippen LogP) is 5.53. The van der Waals surface area contributed by atoms with E-state index in [1.165, 1.54) is 12.1 Å². The molecule has 3 aromatic rings. The van der Waals surface area contributed by atoms with Gasteiger partial charge in [0.05, 0.1) is 23.4 Å². The van der Waals surface area contributed by atoms with Gasteiger partial charge < -0.3 is 25.8 Å². The highest BCUT2D eigenvalue weighted by Crippen LogP contribution is 2.59. The molecule has 0 unspecified atom stereocenters. The Morgan fingerprint density at radius 3 is 2.59 bits per heavy atom. The molecular formula is C27H29F4N5O3. The Hall–Kier alpha value is -3.93. The molecule has 2 aromatic heterocycles. The Kier molecular flexibility index (Phi) is 8.24. The molecule has 1 aromatic carbocycles. The maximum absolute atomic E-state index is 14.8. The number of anilines is 2. The number of aromatic nitrogens is 2. The lowest BCUT2D eigenvalue weighted by molar-refractivity contribution is -0.188. The summed E-state index contributed by atoms with van der Waals surface area (Å²) in [6.45, 7) is 1.31. The second kappa shape index (κ2) is 11.4. The van der Waals surface area contributed by atoms with Crippen molar-refractivity contribution in [1.82, 2.24) is 15.3 Å². The molecule has 4 rings (SSSR count). The number of aryl methyl sites for hydroxylation is 1. The predicted molar refractivity (Wildman–Crippen MR) is 139 cm³/mol. The lowest BCUT2D eigenvalue weighted by Gasteiger charge is -2.19. The van der Waals surface area contributed by atoms with E-state index in [4.69, 9.17) is 4.74 Å². The molecule has 0 spiro atoms. The molecule has 0 bridgehead atoms. The highest BCUT2D eigenvalue weighted by Gasteiger charge is 2.62. The normalized spacial score (nSPS) is 14.0. The van der Waals surface area contributed by atoms with Crippen LogP contribution in [0.4, 0.5) is 33.9 Å². The summed E-state index contributed by atoms with van der Waals surface area (Å²) in [5, 5.41) is 17.0. The summed E-state index contributed by atoms with van der Waals surface area (Å²) in [6.07, 6.45) is -2.83. The number of hydrogen-bond acceptors (Lipinski definition) is 6. The molecule has 0 saturated heterocycles. The molecule has 12 heteroatoms. The van der Waals surface area contributed by atoms with Gasteiger partial charge in [0.2, 0.25) is 5.88 Å². The lowest BCUT2D eigenvalue weighted by atomic mass is 9.98. The zero-order valence-electron chi connectivity index (χ0n) is 21.5. The number of aliphatic hydroxyl groups is 1. The van der Waals surface area contributed by atoms with E-state index in [0.717, 1.165) is 5.56 Å². The van der Waals surface area contributed by atoms with Crippen molar-refractivity contribution in [3.05, 3.63) is 54.0 Å². The maximum atomic E-state index is 14.8. The van der Waals surface area contributed by atoms with Crippen molar-refractivity contribution >= 4 is 17.5 Å². The number of aliphatic hydroxyl groups excluding tert-OH is 1. The number of urea groups is 1. The lowest BCUT2D eigenvalue weighted by Crippen LogP contribution is -2.34. The average Bonchev–Trinajstić information content (AvgIpc) is 3.70. The Labute approximate surface area is 222 Å². The van der Waals surface area contributed by atoms with Crippen molar-refractivity contribution in [2.75, 3.05) is 37.4 Å². The van der Waals surface area contributed by atoms with Crippen LogP contribution in [0.3, 0.4) is 0 Å². The second-order valence-electron chi connectivity index (χ2n) is 9.39. The summed E-state index contributed by atoms with van der Waals surface area (Å²) in [5.41, 5.74) is 1.14. The molecule has 8 nitrogen and oxygen atoms in total. The number of hydrogen-bond donors (Lipinski definition) is 4. The summed E-state index contributed by atoms with van der Waals surface area (Å²) in [6, 6.07) is 8.87. The first-order valence-corrected chi connectivity index (χ1v) is 12.4. The molecule has 39 heavy (non-hydrogen) atoms. The van der Waals surface area contributed by atoms with Gasteiger partial charge in [-0.1, -0.05) is 0 Å². The minimum absolute atomic E-state index is 0.0129. The van der Waals surface area contributed by atoms with E-state index in [0.29, 0.717) is 28.2 Å². The van der Waals surface area contributed by atoms with Crippen molar-refractivity contribution < 1.29 is 32.2 Å². The Bertz CT molecular complexity index is 1350. The fourth-order valence-electron chi connectivity index (χ4n) is 4.25. The van der Waals surface area contributed by atoms with E-state index in [9.17, 15) is 27.5 Å². The fraction of sp³-hybridized carbons (Fsp3) is 0.370. The van der Waals surface area contributed by atoms with Gasteiger partial charge >= 0.3 is 12.2 Å². The van der Waals surface area contributed by atoms with Crippen LogP contribution in [0.5, 0.6) is 5.88 Å². The fourth-order valence-corrected chi connectivity index (χ4v) is 4.25. The molecular weight excluding hydrogens is 518 g/mol. The van der Waals surface area contributed by atoms with E-state index in [1.807, 2.05) is 0 Å². The third kappa shape index (κ3) is 6.56. The summed E-state index contributed by atoms with van der Waals surface area (Å²) >= 11 is 0. The van der Waals surface area contributed by atoms with Crippen molar-refractivity contribution in [2.24, 2.45) is 5.41 Å². The summed E-state index contributed by atoms with van der Waals surface area (Å²) in [4.78, 5) is 21.1. The Morgan fingerprint density at radius 1 is 1.15 bits per heavy atom. The Morgan fingerprint density at radius 2 is 1.92 bits per heavy atom. The van der Waals surface area contributed by atoms with Gasteiger partial charge in [0, 0.05) is 31.4 Å². The van der Waals surface area contributed by atoms with Crippen LogP contribution < -0.4 is 20.7 Å². The first-order valence-electron chi connectivity index (χ1n) is 12.4. The van der Waals surface area contributed by atoms with Crippen molar-refractivity contribution in [3.63, 3.8) is 0 Å². The molecule has 4 N–H and O–H groups in total. The molecule has 1 fully saturated rings. The number of nitrogens with zero attached hydrogens (tertiary/aromatic N) is 2. The molecule has 1 saturated carbocycles. The highest BCUT2D eigenvalue weighted by molar-refractivity contribution is 5.90. The van der Waals surface area contributed by atoms with Crippen LogP contribution >= 0.6 is 0 Å². The number of ether oxygens (including phenoxy) is 1. The number of benzene rings is 1. The molecule has 2 amide bonds. The van der Waals surface area contributed by atoms with Crippen LogP contribution in [-0.2, 0) is 0 Å². The van der Waals surface area contributed by atoms with Crippen molar-refractivity contribution in [3.8, 4) is 28.3 Å². The SMILES string of the molecule is CNc1cc(-c2cc(-c3cc(NC(=O)NCCC4(C(F)(F)F)CC4)c(F)cc3C)cc(OCCO)n2)ccn1. The quantitative estimate of drug-likeness (QED) is 0.249. The molecule has 1 aliphatic carbocycles. The summed E-state index contributed by atoms with van der Waals surface area (Å²) in [7, 11) is 1.73. The van der Waals surface area contributed by atoms with E-state index < -0.39 is 23.4 Å². The van der Waals surface area contributed by atoms with Gasteiger partial charge in [0.1, 0.15) is 18.2 Å². The highest BCUT2D eigenvalue weighted by atomic mass is 19.4. The van der Waals surface area contributed by atoms with Crippen LogP contribution in [0.1, 0.15) is 24.8 Å². The molecule has 2 heterocycles. The number of halogens is 4. The average molecular weight is 548 g/mol. The number of amides is 2. The summed E-state index contributed by atoms with van der Waals surface area (Å²) < 4.78 is 59.7. The summed E-state index contributed by atoms with van der Waals surface area (Å²) in [5.74, 6) is 0.157. The number of alkyl halides is 3. The van der Waals surface area contributed by atoms with Gasteiger partial charge in [-0.15, -0.1) is 0 Å². The van der Waals surface area contributed by atoms with Crippen LogP contribution in [0.2, 0.25) is 0 Å². The van der Waals surface area contributed by atoms with Gasteiger partial charge in [-0.3, -0.25) is 0 Å². The minimum Gasteiger partial charge on any atom is -0.475 e. The van der Waals surface area contributed by atoms with E-state index >= 15 is 0 Å². The minimum atomic E-state index is -4.31. The third-order valence-corrected chi connectivity index (χ3v) is 6.67. The van der Waals surface area contributed by atoms with E-state index in [1.54, 1.807) is 44.4 Å². The van der Waals surface area contributed by atoms with E-state index in [-0.39, 0.29) is 50.6 Å². The van der Waals surface area contributed by atoms with Crippen LogP contribution in [0, 0.1) is 18.2 Å². The molecule has 0 radical (unpaired) electrons. The van der Waals surface area contributed by atoms with Gasteiger partial charge in [-0.05, 0) is 73.2 Å². The number of pyridine rings is 2. The zero-order valence-corrected chi connectivity index (χ0v) is 21.5. The number of carbonyl (C=O) groups is 1. The smallest absolute Gasteiger partial charge is 0.394 e. The maximum Gasteiger partial charge on any atom is 0.394 e. The second-order valence-corrected chi connectivity index (χ2v) is 9.39. The standard InChI is InChI=1S/C27H29F4N5O3/c1-16-11-20(28)22(36-25(38)34-8-6-26(4-5-26)27(29,30)31)15-19(16)18-12-21(35-24(14-18)39-10-9-37)17-3-7-33-23(13-17)32-2/h3,7,11-15,37H,4-6,8-10H2,1-2H3,(H,32,33)(H2,34,36,38). The largest absolute Gasteiger partial charge is 0.475 e. The number of nitrogens with one attached hydrogen (secondary N) is 3. The molecule has 208 valence electrons. The van der Waals surface area contributed by atoms with Crippen LogP contribution in [-0.4, -0.2) is 54.1 Å². The first kappa shape index (κ1) is 28.1.